The van der Waals surface area contributed by atoms with Crippen LogP contribution in [0.15, 0.2) is 55.9 Å². The van der Waals surface area contributed by atoms with Crippen LogP contribution in [0.3, 0.4) is 0 Å². The Labute approximate surface area is 216 Å². The molecule has 2 heterocycles. The van der Waals surface area contributed by atoms with Crippen LogP contribution in [0, 0.1) is 32.5 Å². The van der Waals surface area contributed by atoms with Crippen LogP contribution in [0.4, 0.5) is 4.39 Å². The number of terminal acetylenes is 1. The summed E-state index contributed by atoms with van der Waals surface area (Å²) < 4.78 is 12.5. The van der Waals surface area contributed by atoms with Gasteiger partial charge >= 0.3 is 0 Å². The van der Waals surface area contributed by atoms with Gasteiger partial charge in [-0.05, 0) is 58.5 Å². The molecule has 2 aromatic rings. The summed E-state index contributed by atoms with van der Waals surface area (Å²) in [4.78, 5) is 16.5. The van der Waals surface area contributed by atoms with Crippen molar-refractivity contribution in [1.29, 1.82) is 0 Å². The topological polar surface area (TPSA) is 45.2 Å². The van der Waals surface area contributed by atoms with Gasteiger partial charge in [0.1, 0.15) is 5.82 Å². The maximum Gasteiger partial charge on any atom is 0.217 e. The van der Waals surface area contributed by atoms with E-state index in [1.165, 1.54) is 62.7 Å². The standard InChI is InChI=1S/C8H9FN2O.C8H10.C6H13N.2C2H6.C2H4.C2H2/c1-6(12)11-4-7-2-8(9)5-10-3-7;1-7-3-5-8(2)6-4-7;1-7-5-3-2-4-6-7;4*1-2/h2-3,5H,4H2,1H3,(H,11,12);3-6H,1-2H3;2-6H2,1H3;2*1-2H3;1-2H2;1-2H. The molecule has 1 aromatic heterocycles. The lowest BCUT2D eigenvalue weighted by Gasteiger charge is -2.20. The number of nitrogens with zero attached hydrogens (tertiary/aromatic N) is 2. The molecule has 1 aromatic carbocycles. The van der Waals surface area contributed by atoms with Crippen molar-refractivity contribution in [3.63, 3.8) is 0 Å². The van der Waals surface area contributed by atoms with Gasteiger partial charge in [0.05, 0.1) is 6.20 Å². The average molecular weight is 488 g/mol. The summed E-state index contributed by atoms with van der Waals surface area (Å²) in [5.41, 5.74) is 3.32. The van der Waals surface area contributed by atoms with Crippen molar-refractivity contribution in [2.24, 2.45) is 0 Å². The second-order valence-corrected chi connectivity index (χ2v) is 6.94. The fourth-order valence-electron chi connectivity index (χ4n) is 2.47. The van der Waals surface area contributed by atoms with E-state index in [1.807, 2.05) is 27.7 Å². The van der Waals surface area contributed by atoms with Crippen LogP contribution in [-0.2, 0) is 11.3 Å². The lowest BCUT2D eigenvalue weighted by atomic mass is 10.1. The fourth-order valence-corrected chi connectivity index (χ4v) is 2.47. The molecular formula is C30H50FN3O. The van der Waals surface area contributed by atoms with Crippen molar-refractivity contribution in [2.75, 3.05) is 20.1 Å². The monoisotopic (exact) mass is 487 g/mol. The molecule has 0 saturated carbocycles. The third-order valence-electron chi connectivity index (χ3n) is 4.10. The van der Waals surface area contributed by atoms with Crippen LogP contribution in [0.1, 0.15) is 70.6 Å². The molecule has 0 radical (unpaired) electrons. The Balaban J connectivity index is -0.000000184. The first kappa shape index (κ1) is 39.3. The number of benzene rings is 1. The van der Waals surface area contributed by atoms with Gasteiger partial charge in [-0.1, -0.05) is 69.5 Å². The number of carbonyl (C=O) groups excluding carboxylic acids is 1. The van der Waals surface area contributed by atoms with E-state index in [9.17, 15) is 9.18 Å². The second kappa shape index (κ2) is 31.0. The number of halogens is 1. The van der Waals surface area contributed by atoms with Crippen molar-refractivity contribution in [3.05, 3.63) is 78.4 Å². The first-order chi connectivity index (χ1) is 16.9. The minimum Gasteiger partial charge on any atom is -0.352 e. The fraction of sp³-hybridized carbons (Fsp3) is 0.467. The van der Waals surface area contributed by atoms with E-state index >= 15 is 0 Å². The first-order valence-electron chi connectivity index (χ1n) is 12.3. The summed E-state index contributed by atoms with van der Waals surface area (Å²) in [5.74, 6) is -0.530. The predicted molar refractivity (Wildman–Crippen MR) is 153 cm³/mol. The third kappa shape index (κ3) is 29.0. The number of hydrogen-bond acceptors (Lipinski definition) is 3. The molecule has 1 amide bonds. The van der Waals surface area contributed by atoms with Gasteiger partial charge in [-0.15, -0.1) is 26.0 Å². The van der Waals surface area contributed by atoms with Crippen LogP contribution in [0.25, 0.3) is 0 Å². The normalized spacial score (nSPS) is 10.9. The van der Waals surface area contributed by atoms with Crippen molar-refractivity contribution in [2.45, 2.75) is 74.3 Å². The van der Waals surface area contributed by atoms with E-state index in [0.29, 0.717) is 12.1 Å². The molecule has 0 spiro atoms. The largest absolute Gasteiger partial charge is 0.352 e. The number of aryl methyl sites for hydroxylation is 2. The number of carbonyl (C=O) groups is 1. The van der Waals surface area contributed by atoms with E-state index in [1.54, 1.807) is 0 Å². The van der Waals surface area contributed by atoms with Gasteiger partial charge < -0.3 is 10.2 Å². The maximum absolute atomic E-state index is 12.5. The number of piperidine rings is 1. The van der Waals surface area contributed by atoms with Crippen molar-refractivity contribution in [3.8, 4) is 12.8 Å². The Hall–Kier alpha value is -2.97. The smallest absolute Gasteiger partial charge is 0.217 e. The SMILES string of the molecule is C#C.C=C.CC.CC.CC(=O)NCc1cncc(F)c1.CN1CCCCC1.Cc1ccc(C)cc1. The Kier molecular flexibility index (Phi) is 34.8. The van der Waals surface area contributed by atoms with E-state index in [2.05, 4.69) is 86.4 Å². The molecule has 1 aliphatic heterocycles. The minimum atomic E-state index is -0.391. The van der Waals surface area contributed by atoms with Crippen LogP contribution in [-0.4, -0.2) is 35.9 Å². The van der Waals surface area contributed by atoms with Crippen LogP contribution < -0.4 is 5.32 Å². The summed E-state index contributed by atoms with van der Waals surface area (Å²) in [6, 6.07) is 9.82. The molecule has 0 atom stereocenters. The molecule has 4 nitrogen and oxygen atoms in total. The number of aromatic nitrogens is 1. The molecule has 198 valence electrons. The lowest BCUT2D eigenvalue weighted by molar-refractivity contribution is -0.119. The highest BCUT2D eigenvalue weighted by Crippen LogP contribution is 2.04. The zero-order valence-electron chi connectivity index (χ0n) is 23.5. The van der Waals surface area contributed by atoms with Gasteiger partial charge in [0.25, 0.3) is 0 Å². The number of nitrogens with one attached hydrogen (secondary N) is 1. The van der Waals surface area contributed by atoms with Gasteiger partial charge in [-0.25, -0.2) is 4.39 Å². The quantitative estimate of drug-likeness (QED) is 0.355. The zero-order chi connectivity index (χ0) is 28.1. The molecule has 0 aliphatic carbocycles. The molecule has 1 fully saturated rings. The Morgan fingerprint density at radius 3 is 1.71 bits per heavy atom. The molecule has 5 heteroatoms. The Bertz CT molecular complexity index is 703. The van der Waals surface area contributed by atoms with E-state index in [0.717, 1.165) is 6.20 Å². The second-order valence-electron chi connectivity index (χ2n) is 6.94. The van der Waals surface area contributed by atoms with Gasteiger partial charge in [0.2, 0.25) is 5.91 Å². The summed E-state index contributed by atoms with van der Waals surface area (Å²) in [7, 11) is 2.19. The number of rotatable bonds is 2. The van der Waals surface area contributed by atoms with Crippen molar-refractivity contribution >= 4 is 5.91 Å². The van der Waals surface area contributed by atoms with Gasteiger partial charge in [0.15, 0.2) is 0 Å². The molecule has 35 heavy (non-hydrogen) atoms. The number of likely N-dealkylation sites (tertiary alicyclic amines) is 1. The Morgan fingerprint density at radius 2 is 1.40 bits per heavy atom. The lowest BCUT2D eigenvalue weighted by Crippen LogP contribution is -2.24. The van der Waals surface area contributed by atoms with Gasteiger partial charge in [0, 0.05) is 19.7 Å². The highest BCUT2D eigenvalue weighted by molar-refractivity contribution is 5.72. The van der Waals surface area contributed by atoms with Crippen LogP contribution in [0.5, 0.6) is 0 Å². The minimum absolute atomic E-state index is 0.140. The highest BCUT2D eigenvalue weighted by atomic mass is 19.1. The average Bonchev–Trinajstić information content (AvgIpc) is 2.91. The summed E-state index contributed by atoms with van der Waals surface area (Å²) in [6.07, 6.45) is 14.9. The highest BCUT2D eigenvalue weighted by Gasteiger charge is 2.02. The molecule has 1 aliphatic rings. The molecule has 0 unspecified atom stereocenters. The van der Waals surface area contributed by atoms with Gasteiger partial charge in [-0.3, -0.25) is 9.78 Å². The molecular weight excluding hydrogens is 437 g/mol. The van der Waals surface area contributed by atoms with Gasteiger partial charge in [-0.2, -0.15) is 0 Å². The predicted octanol–water partition coefficient (Wildman–Crippen LogP) is 7.37. The Morgan fingerprint density at radius 1 is 0.971 bits per heavy atom. The maximum atomic E-state index is 12.5. The van der Waals surface area contributed by atoms with E-state index in [4.69, 9.17) is 0 Å². The first-order valence-corrected chi connectivity index (χ1v) is 12.3. The number of hydrogen-bond donors (Lipinski definition) is 1. The summed E-state index contributed by atoms with van der Waals surface area (Å²) >= 11 is 0. The van der Waals surface area contributed by atoms with Crippen molar-refractivity contribution in [1.82, 2.24) is 15.2 Å². The van der Waals surface area contributed by atoms with Crippen LogP contribution in [0.2, 0.25) is 0 Å². The summed E-state index contributed by atoms with van der Waals surface area (Å²) in [6.45, 7) is 22.6. The van der Waals surface area contributed by atoms with Crippen LogP contribution >= 0.6 is 0 Å². The molecule has 0 bridgehead atoms. The number of pyridine rings is 1. The number of amides is 1. The van der Waals surface area contributed by atoms with E-state index < -0.39 is 5.82 Å². The van der Waals surface area contributed by atoms with E-state index in [-0.39, 0.29) is 5.91 Å². The molecule has 1 N–H and O–H groups in total. The third-order valence-corrected chi connectivity index (χ3v) is 4.10. The zero-order valence-corrected chi connectivity index (χ0v) is 23.5. The molecule has 3 rings (SSSR count). The van der Waals surface area contributed by atoms with Crippen molar-refractivity contribution < 1.29 is 9.18 Å². The summed E-state index contributed by atoms with van der Waals surface area (Å²) in [5, 5.41) is 2.54. The molecule has 1 saturated heterocycles.